The Hall–Kier alpha value is -5.84. The number of fused-ring (bicyclic) bond motifs is 1. The maximum atomic E-state index is 15.0. The molecule has 2 atom stereocenters. The molecule has 0 aliphatic carbocycles. The van der Waals surface area contributed by atoms with Gasteiger partial charge in [-0.05, 0) is 50.1 Å². The van der Waals surface area contributed by atoms with Gasteiger partial charge in [-0.2, -0.15) is 4.98 Å². The summed E-state index contributed by atoms with van der Waals surface area (Å²) in [4.78, 5) is 48.0. The Labute approximate surface area is 344 Å². The van der Waals surface area contributed by atoms with E-state index < -0.39 is 48.6 Å². The van der Waals surface area contributed by atoms with Gasteiger partial charge in [-0.1, -0.05) is 80.5 Å². The minimum absolute atomic E-state index is 0.0408. The lowest BCUT2D eigenvalue weighted by atomic mass is 9.95. The average Bonchev–Trinajstić information content (AvgIpc) is 3.87. The number of amides is 3. The molecule has 1 N–H and O–H groups in total. The molecule has 1 unspecified atom stereocenters. The first-order valence-corrected chi connectivity index (χ1v) is 20.1. The first kappa shape index (κ1) is 41.3. The smallest absolute Gasteiger partial charge is 0.410 e. The molecule has 2 aromatic heterocycles. The molecule has 1 saturated heterocycles. The number of carbonyl (C=O) groups excluding carboxylic acids is 3. The number of nitrogens with zero attached hydrogens (tertiary/aromatic N) is 6. The van der Waals surface area contributed by atoms with Gasteiger partial charge in [0.2, 0.25) is 23.5 Å². The summed E-state index contributed by atoms with van der Waals surface area (Å²) in [6.07, 6.45) is -2.20. The fourth-order valence-corrected chi connectivity index (χ4v) is 7.62. The highest BCUT2D eigenvalue weighted by molar-refractivity contribution is 7.99. The van der Waals surface area contributed by atoms with Crippen molar-refractivity contribution in [3.05, 3.63) is 95.7 Å². The number of ether oxygens (including phenoxy) is 2. The van der Waals surface area contributed by atoms with Crippen molar-refractivity contribution in [1.29, 1.82) is 0 Å². The molecule has 3 aromatic carbocycles. The van der Waals surface area contributed by atoms with E-state index in [1.165, 1.54) is 11.8 Å². The van der Waals surface area contributed by atoms with Gasteiger partial charge in [0, 0.05) is 40.2 Å². The molecule has 0 radical (unpaired) electrons. The molecule has 14 nitrogen and oxygen atoms in total. The average molecular weight is 830 g/mol. The number of nitrogens with one attached hydrogen (secondary N) is 1. The highest BCUT2D eigenvalue weighted by Gasteiger charge is 2.45. The summed E-state index contributed by atoms with van der Waals surface area (Å²) in [5.41, 5.74) is 2.07. The Morgan fingerprint density at radius 1 is 0.966 bits per heavy atom. The van der Waals surface area contributed by atoms with Gasteiger partial charge in [0.05, 0.1) is 24.7 Å². The number of piperidine rings is 1. The minimum atomic E-state index is -3.23. The molecule has 3 amide bonds. The number of alkyl carbamates (subject to hydrolysis) is 1. The number of hydrogen-bond donors (Lipinski definition) is 1. The van der Waals surface area contributed by atoms with Crippen LogP contribution in [-0.4, -0.2) is 79.7 Å². The Kier molecular flexibility index (Phi) is 11.5. The Bertz CT molecular complexity index is 2310. The van der Waals surface area contributed by atoms with Crippen LogP contribution in [0.4, 0.5) is 24.1 Å². The van der Waals surface area contributed by atoms with Crippen LogP contribution in [-0.2, 0) is 32.8 Å². The summed E-state index contributed by atoms with van der Waals surface area (Å²) in [6.45, 7) is 10.3. The predicted octanol–water partition coefficient (Wildman–Crippen LogP) is 8.38. The molecule has 310 valence electrons. The van der Waals surface area contributed by atoms with E-state index in [1.54, 1.807) is 68.1 Å². The van der Waals surface area contributed by atoms with Crippen LogP contribution in [0.3, 0.4) is 0 Å². The molecule has 4 heterocycles. The van der Waals surface area contributed by atoms with Crippen molar-refractivity contribution >= 4 is 35.5 Å². The number of hydrogen-bond acceptors (Lipinski definition) is 12. The van der Waals surface area contributed by atoms with E-state index in [0.717, 1.165) is 26.5 Å². The second-order valence-electron chi connectivity index (χ2n) is 16.6. The third kappa shape index (κ3) is 10.1. The van der Waals surface area contributed by atoms with Crippen molar-refractivity contribution in [2.45, 2.75) is 94.9 Å². The van der Waals surface area contributed by atoms with Crippen molar-refractivity contribution in [2.75, 3.05) is 23.7 Å². The fourth-order valence-electron chi connectivity index (χ4n) is 6.57. The quantitative estimate of drug-likeness (QED) is 0.159. The summed E-state index contributed by atoms with van der Waals surface area (Å²) in [5.74, 6) is -3.43. The standard InChI is InChI=1S/C42H45F2N7O7S/c1-40(2,3)37-46-33(49-58-37)27-14-12-25(13-15-27)20-51-31-18-28(16-17-32(31)59-23-30(36(51)52)45-38(53)57-41(4,5)6)34-47-48-35(56-34)29-19-42(43,44)24-50(21-29)39(54)55-22-26-10-8-7-9-11-26/h7-18,29-30H,19-24H2,1-6H3,(H,45,53)/t29?,30-/m0/s1. The first-order chi connectivity index (χ1) is 27.9. The van der Waals surface area contributed by atoms with E-state index in [1.807, 2.05) is 51.1 Å². The van der Waals surface area contributed by atoms with Gasteiger partial charge >= 0.3 is 12.2 Å². The van der Waals surface area contributed by atoms with E-state index in [-0.39, 0.29) is 48.6 Å². The molecule has 59 heavy (non-hydrogen) atoms. The monoisotopic (exact) mass is 829 g/mol. The minimum Gasteiger partial charge on any atom is -0.445 e. The maximum absolute atomic E-state index is 15.0. The largest absolute Gasteiger partial charge is 0.445 e. The number of anilines is 1. The molecular weight excluding hydrogens is 785 g/mol. The summed E-state index contributed by atoms with van der Waals surface area (Å²) in [6, 6.07) is 20.7. The van der Waals surface area contributed by atoms with Crippen LogP contribution in [0.5, 0.6) is 0 Å². The Morgan fingerprint density at radius 3 is 2.39 bits per heavy atom. The molecule has 2 aliphatic heterocycles. The number of thioether (sulfide) groups is 1. The number of carbonyl (C=O) groups is 3. The number of likely N-dealkylation sites (tertiary alicyclic amines) is 1. The zero-order valence-corrected chi connectivity index (χ0v) is 34.3. The van der Waals surface area contributed by atoms with Crippen LogP contribution >= 0.6 is 11.8 Å². The molecule has 0 bridgehead atoms. The van der Waals surface area contributed by atoms with E-state index in [2.05, 4.69) is 25.7 Å². The third-order valence-corrected chi connectivity index (χ3v) is 10.6. The van der Waals surface area contributed by atoms with Gasteiger partial charge in [0.25, 0.3) is 11.8 Å². The fraction of sp³-hybridized carbons (Fsp3) is 0.405. The summed E-state index contributed by atoms with van der Waals surface area (Å²) in [7, 11) is 0. The van der Waals surface area contributed by atoms with Gasteiger partial charge in [0.15, 0.2) is 0 Å². The number of benzene rings is 3. The number of rotatable bonds is 8. The van der Waals surface area contributed by atoms with E-state index >= 15 is 8.78 Å². The van der Waals surface area contributed by atoms with E-state index in [0.29, 0.717) is 23.0 Å². The molecule has 5 aromatic rings. The number of halogens is 2. The topological polar surface area (TPSA) is 166 Å². The van der Waals surface area contributed by atoms with Crippen molar-refractivity contribution in [3.63, 3.8) is 0 Å². The van der Waals surface area contributed by atoms with Gasteiger partial charge in [-0.15, -0.1) is 22.0 Å². The van der Waals surface area contributed by atoms with E-state index in [4.69, 9.17) is 18.4 Å². The molecule has 0 saturated carbocycles. The summed E-state index contributed by atoms with van der Waals surface area (Å²) < 4.78 is 52.4. The van der Waals surface area contributed by atoms with Crippen molar-refractivity contribution < 1.29 is 41.6 Å². The SMILES string of the molecule is CC(C)(C)OC(=O)N[C@H]1CSc2ccc(-c3nnc(C4CN(C(=O)OCc5ccccc5)CC(F)(F)C4)o3)cc2N(Cc2ccc(-c3noc(C(C)(C)C)n3)cc2)C1=O. The van der Waals surface area contributed by atoms with Crippen LogP contribution in [0.1, 0.15) is 76.8 Å². The molecular formula is C42H45F2N7O7S. The second kappa shape index (κ2) is 16.4. The Morgan fingerprint density at radius 2 is 1.69 bits per heavy atom. The van der Waals surface area contributed by atoms with Gasteiger partial charge in [-0.3, -0.25) is 4.79 Å². The predicted molar refractivity (Wildman–Crippen MR) is 214 cm³/mol. The van der Waals surface area contributed by atoms with Crippen LogP contribution in [0.25, 0.3) is 22.8 Å². The zero-order chi connectivity index (χ0) is 42.1. The summed E-state index contributed by atoms with van der Waals surface area (Å²) in [5, 5.41) is 15.2. The lowest BCUT2D eigenvalue weighted by Crippen LogP contribution is -2.50. The third-order valence-electron chi connectivity index (χ3n) is 9.44. The maximum Gasteiger partial charge on any atom is 0.410 e. The highest BCUT2D eigenvalue weighted by atomic mass is 32.2. The zero-order valence-electron chi connectivity index (χ0n) is 33.5. The molecule has 17 heteroatoms. The van der Waals surface area contributed by atoms with Crippen molar-refractivity contribution in [3.8, 4) is 22.8 Å². The van der Waals surface area contributed by atoms with Gasteiger partial charge in [-0.25, -0.2) is 18.4 Å². The van der Waals surface area contributed by atoms with Crippen LogP contribution in [0, 0.1) is 0 Å². The lowest BCUT2D eigenvalue weighted by Gasteiger charge is -2.35. The van der Waals surface area contributed by atoms with E-state index in [9.17, 15) is 14.4 Å². The molecule has 2 aliphatic rings. The van der Waals surface area contributed by atoms with Crippen LogP contribution < -0.4 is 10.2 Å². The first-order valence-electron chi connectivity index (χ1n) is 19.1. The normalized spacial score (nSPS) is 18.2. The van der Waals surface area contributed by atoms with Gasteiger partial charge in [0.1, 0.15) is 18.2 Å². The van der Waals surface area contributed by atoms with Crippen molar-refractivity contribution in [2.24, 2.45) is 0 Å². The lowest BCUT2D eigenvalue weighted by molar-refractivity contribution is -0.120. The summed E-state index contributed by atoms with van der Waals surface area (Å²) >= 11 is 1.38. The Balaban J connectivity index is 1.14. The second-order valence-corrected chi connectivity index (χ2v) is 17.7. The number of aromatic nitrogens is 4. The van der Waals surface area contributed by atoms with Crippen molar-refractivity contribution in [1.82, 2.24) is 30.6 Å². The number of alkyl halides is 2. The molecule has 7 rings (SSSR count). The van der Waals surface area contributed by atoms with Crippen LogP contribution in [0.2, 0.25) is 0 Å². The highest BCUT2D eigenvalue weighted by Crippen LogP contribution is 2.40. The molecule has 1 fully saturated rings. The molecule has 0 spiro atoms. The van der Waals surface area contributed by atoms with Crippen LogP contribution in [0.15, 0.2) is 86.6 Å². The van der Waals surface area contributed by atoms with Gasteiger partial charge < -0.3 is 33.5 Å².